The van der Waals surface area contributed by atoms with E-state index in [0.717, 1.165) is 18.4 Å². The predicted molar refractivity (Wildman–Crippen MR) is 96.5 cm³/mol. The normalized spacial score (nSPS) is 20.7. The van der Waals surface area contributed by atoms with Crippen molar-refractivity contribution in [2.24, 2.45) is 5.92 Å². The van der Waals surface area contributed by atoms with E-state index in [1.54, 1.807) is 4.90 Å². The molecule has 1 saturated heterocycles. The number of likely N-dealkylation sites (tertiary alicyclic amines) is 1. The number of benzene rings is 1. The van der Waals surface area contributed by atoms with E-state index in [2.05, 4.69) is 50.4 Å². The number of carbonyl (C=O) groups excluding carboxylic acids is 2. The fourth-order valence-electron chi connectivity index (χ4n) is 3.12. The molecule has 1 heterocycles. The summed E-state index contributed by atoms with van der Waals surface area (Å²) in [4.78, 5) is 26.8. The highest BCUT2D eigenvalue weighted by Crippen LogP contribution is 2.32. The zero-order valence-corrected chi connectivity index (χ0v) is 15.4. The summed E-state index contributed by atoms with van der Waals surface area (Å²) in [5, 5.41) is 3.02. The topological polar surface area (TPSA) is 49.4 Å². The third-order valence-electron chi connectivity index (χ3n) is 4.99. The lowest BCUT2D eigenvalue weighted by molar-refractivity contribution is -0.141. The third kappa shape index (κ3) is 4.16. The van der Waals surface area contributed by atoms with Crippen LogP contribution in [0.3, 0.4) is 0 Å². The summed E-state index contributed by atoms with van der Waals surface area (Å²) in [5.74, 6) is 0.590. The molecule has 1 aromatic carbocycles. The monoisotopic (exact) mass is 330 g/mol. The molecule has 0 radical (unpaired) electrons. The van der Waals surface area contributed by atoms with Crippen LogP contribution >= 0.6 is 0 Å². The molecule has 24 heavy (non-hydrogen) atoms. The van der Waals surface area contributed by atoms with Crippen LogP contribution in [0.15, 0.2) is 24.3 Å². The number of hydrogen-bond acceptors (Lipinski definition) is 2. The van der Waals surface area contributed by atoms with Crippen molar-refractivity contribution >= 4 is 11.8 Å². The van der Waals surface area contributed by atoms with Gasteiger partial charge in [-0.2, -0.15) is 0 Å². The quantitative estimate of drug-likeness (QED) is 0.834. The van der Waals surface area contributed by atoms with Crippen LogP contribution in [-0.2, 0) is 22.6 Å². The first-order valence-electron chi connectivity index (χ1n) is 9.03. The van der Waals surface area contributed by atoms with Gasteiger partial charge >= 0.3 is 0 Å². The molecular formula is C20H30N2O2. The highest BCUT2D eigenvalue weighted by molar-refractivity contribution is 5.94. The van der Waals surface area contributed by atoms with Gasteiger partial charge in [0, 0.05) is 19.5 Å². The van der Waals surface area contributed by atoms with Crippen molar-refractivity contribution < 1.29 is 9.59 Å². The highest BCUT2D eigenvalue weighted by Gasteiger charge is 2.46. The van der Waals surface area contributed by atoms with Crippen LogP contribution < -0.4 is 5.32 Å². The Morgan fingerprint density at radius 2 is 1.88 bits per heavy atom. The summed E-state index contributed by atoms with van der Waals surface area (Å²) in [6.45, 7) is 9.45. The van der Waals surface area contributed by atoms with Gasteiger partial charge in [-0.15, -0.1) is 0 Å². The van der Waals surface area contributed by atoms with Gasteiger partial charge in [-0.1, -0.05) is 45.0 Å². The molecular weight excluding hydrogens is 300 g/mol. The summed E-state index contributed by atoms with van der Waals surface area (Å²) in [6, 6.07) is 8.30. The molecule has 0 aliphatic carbocycles. The highest BCUT2D eigenvalue weighted by atomic mass is 16.2. The molecule has 2 rings (SSSR count). The minimum absolute atomic E-state index is 0.0285. The molecule has 0 unspecified atom stereocenters. The first kappa shape index (κ1) is 18.5. The average Bonchev–Trinajstić information content (AvgIpc) is 2.85. The molecule has 0 spiro atoms. The van der Waals surface area contributed by atoms with Gasteiger partial charge in [0.15, 0.2) is 0 Å². The first-order valence-corrected chi connectivity index (χ1v) is 9.03. The maximum Gasteiger partial charge on any atom is 0.245 e. The van der Waals surface area contributed by atoms with Crippen molar-refractivity contribution in [3.05, 3.63) is 35.4 Å². The summed E-state index contributed by atoms with van der Waals surface area (Å²) in [5.41, 5.74) is 1.61. The average molecular weight is 330 g/mol. The Labute approximate surface area is 145 Å². The zero-order chi connectivity index (χ0) is 17.7. The summed E-state index contributed by atoms with van der Waals surface area (Å²) >= 11 is 0. The fraction of sp³-hybridized carbons (Fsp3) is 0.600. The van der Waals surface area contributed by atoms with Crippen LogP contribution in [0.4, 0.5) is 0 Å². The van der Waals surface area contributed by atoms with Crippen molar-refractivity contribution in [2.75, 3.05) is 6.54 Å². The van der Waals surface area contributed by atoms with Crippen LogP contribution in [0.25, 0.3) is 0 Å². The largest absolute Gasteiger partial charge is 0.354 e. The SMILES string of the molecule is CCc1ccc(CN2C(=O)CC[C@]2(C)C(=O)NCCC(C)C)cc1. The van der Waals surface area contributed by atoms with Crippen molar-refractivity contribution in [2.45, 2.75) is 65.5 Å². The van der Waals surface area contributed by atoms with Gasteiger partial charge in [-0.3, -0.25) is 9.59 Å². The van der Waals surface area contributed by atoms with Crippen molar-refractivity contribution in [1.82, 2.24) is 10.2 Å². The Hall–Kier alpha value is -1.84. The van der Waals surface area contributed by atoms with E-state index in [1.807, 2.05) is 6.92 Å². The van der Waals surface area contributed by atoms with Gasteiger partial charge in [0.1, 0.15) is 5.54 Å². The molecule has 0 bridgehead atoms. The standard InChI is InChI=1S/C20H30N2O2/c1-5-16-6-8-17(9-7-16)14-22-18(23)10-12-20(22,4)19(24)21-13-11-15(2)3/h6-9,15H,5,10-14H2,1-4H3,(H,21,24)/t20-/m1/s1. The Morgan fingerprint density at radius 1 is 1.25 bits per heavy atom. The Balaban J connectivity index is 2.07. The Morgan fingerprint density at radius 3 is 2.46 bits per heavy atom. The number of carbonyl (C=O) groups is 2. The molecule has 0 saturated carbocycles. The van der Waals surface area contributed by atoms with E-state index in [1.165, 1.54) is 5.56 Å². The number of hydrogen-bond donors (Lipinski definition) is 1. The van der Waals surface area contributed by atoms with Gasteiger partial charge in [-0.05, 0) is 43.2 Å². The van der Waals surface area contributed by atoms with Crippen LogP contribution in [0.1, 0.15) is 58.1 Å². The number of amides is 2. The van der Waals surface area contributed by atoms with Gasteiger partial charge in [0.05, 0.1) is 0 Å². The second-order valence-corrected chi connectivity index (χ2v) is 7.36. The maximum atomic E-state index is 12.7. The lowest BCUT2D eigenvalue weighted by Crippen LogP contribution is -2.54. The number of nitrogens with one attached hydrogen (secondary N) is 1. The Bertz CT molecular complexity index is 580. The van der Waals surface area contributed by atoms with Crippen LogP contribution in [-0.4, -0.2) is 28.8 Å². The zero-order valence-electron chi connectivity index (χ0n) is 15.4. The predicted octanol–water partition coefficient (Wildman–Crippen LogP) is 3.29. The molecule has 1 aromatic rings. The van der Waals surface area contributed by atoms with Crippen molar-refractivity contribution in [3.8, 4) is 0 Å². The maximum absolute atomic E-state index is 12.7. The molecule has 1 aliphatic heterocycles. The fourth-order valence-corrected chi connectivity index (χ4v) is 3.12. The molecule has 4 nitrogen and oxygen atoms in total. The third-order valence-corrected chi connectivity index (χ3v) is 4.99. The van der Waals surface area contributed by atoms with E-state index in [4.69, 9.17) is 0 Å². The van der Waals surface area contributed by atoms with E-state index in [0.29, 0.717) is 31.8 Å². The van der Waals surface area contributed by atoms with Gasteiger partial charge < -0.3 is 10.2 Å². The van der Waals surface area contributed by atoms with Crippen LogP contribution in [0.2, 0.25) is 0 Å². The number of nitrogens with zero attached hydrogens (tertiary/aromatic N) is 1. The molecule has 2 amide bonds. The van der Waals surface area contributed by atoms with Crippen LogP contribution in [0, 0.1) is 5.92 Å². The second kappa shape index (κ2) is 7.82. The molecule has 4 heteroatoms. The molecule has 1 aliphatic rings. The van der Waals surface area contributed by atoms with Gasteiger partial charge in [-0.25, -0.2) is 0 Å². The number of aryl methyl sites for hydroxylation is 1. The van der Waals surface area contributed by atoms with E-state index < -0.39 is 5.54 Å². The molecule has 1 fully saturated rings. The van der Waals surface area contributed by atoms with Crippen LogP contribution in [0.5, 0.6) is 0 Å². The minimum Gasteiger partial charge on any atom is -0.354 e. The summed E-state index contributed by atoms with van der Waals surface area (Å²) < 4.78 is 0. The minimum atomic E-state index is -0.739. The Kier molecular flexibility index (Phi) is 6.03. The number of rotatable bonds is 7. The summed E-state index contributed by atoms with van der Waals surface area (Å²) in [6.07, 6.45) is 2.99. The molecule has 132 valence electrons. The second-order valence-electron chi connectivity index (χ2n) is 7.36. The van der Waals surface area contributed by atoms with E-state index >= 15 is 0 Å². The molecule has 1 N–H and O–H groups in total. The lowest BCUT2D eigenvalue weighted by Gasteiger charge is -2.34. The molecule has 0 aromatic heterocycles. The van der Waals surface area contributed by atoms with Gasteiger partial charge in [0.2, 0.25) is 11.8 Å². The van der Waals surface area contributed by atoms with Crippen molar-refractivity contribution in [1.29, 1.82) is 0 Å². The molecule has 1 atom stereocenters. The first-order chi connectivity index (χ1) is 11.4. The van der Waals surface area contributed by atoms with E-state index in [9.17, 15) is 9.59 Å². The van der Waals surface area contributed by atoms with E-state index in [-0.39, 0.29) is 11.8 Å². The summed E-state index contributed by atoms with van der Waals surface area (Å²) in [7, 11) is 0. The van der Waals surface area contributed by atoms with Crippen molar-refractivity contribution in [3.63, 3.8) is 0 Å². The lowest BCUT2D eigenvalue weighted by atomic mass is 9.96. The van der Waals surface area contributed by atoms with Gasteiger partial charge in [0.25, 0.3) is 0 Å². The smallest absolute Gasteiger partial charge is 0.245 e.